The summed E-state index contributed by atoms with van der Waals surface area (Å²) >= 11 is 0. The van der Waals surface area contributed by atoms with Crippen molar-refractivity contribution in [2.75, 3.05) is 19.6 Å². The van der Waals surface area contributed by atoms with Crippen LogP contribution in [0.1, 0.15) is 142 Å². The van der Waals surface area contributed by atoms with Crippen LogP contribution in [0.3, 0.4) is 0 Å². The summed E-state index contributed by atoms with van der Waals surface area (Å²) in [5.41, 5.74) is 0. The van der Waals surface area contributed by atoms with Crippen molar-refractivity contribution in [1.82, 2.24) is 4.90 Å². The zero-order valence-electron chi connectivity index (χ0n) is 21.0. The fourth-order valence-corrected chi connectivity index (χ4v) is 4.07. The number of carboxylic acids is 1. The smallest absolute Gasteiger partial charge is 0.550 e. The number of unbranched alkanes of at least 4 members (excludes halogenated alkanes) is 16. The van der Waals surface area contributed by atoms with Crippen LogP contribution in [0.2, 0.25) is 0 Å². The maximum Gasteiger partial charge on any atom is 1.00 e. The topological polar surface area (TPSA) is 43.4 Å². The summed E-state index contributed by atoms with van der Waals surface area (Å²) in [5.74, 6) is -0.906. The molecule has 0 fully saturated rings. The van der Waals surface area contributed by atoms with Crippen LogP contribution < -0.4 is 24.0 Å². The molecule has 0 unspecified atom stereocenters. The fraction of sp³-hybridized carbons (Fsp3) is 0.962. The molecule has 0 N–H and O–H groups in total. The third-order valence-corrected chi connectivity index (χ3v) is 6.01. The molecule has 0 aliphatic rings. The first-order valence-corrected chi connectivity index (χ1v) is 13.1. The number of carboxylic acid groups (broad SMARTS) is 1. The molecule has 174 valence electrons. The van der Waals surface area contributed by atoms with Gasteiger partial charge >= 0.3 is 18.9 Å². The average molecular weight is 418 g/mol. The molecule has 0 saturated heterocycles. The van der Waals surface area contributed by atoms with Crippen molar-refractivity contribution >= 4 is 5.97 Å². The molecule has 0 rings (SSSR count). The van der Waals surface area contributed by atoms with Crippen LogP contribution in [-0.4, -0.2) is 30.5 Å². The summed E-state index contributed by atoms with van der Waals surface area (Å²) in [7, 11) is 0. The third kappa shape index (κ3) is 26.1. The minimum Gasteiger partial charge on any atom is -0.550 e. The summed E-state index contributed by atoms with van der Waals surface area (Å²) in [5, 5.41) is 10.7. The van der Waals surface area contributed by atoms with E-state index in [1.807, 2.05) is 0 Å². The number of hydrogen-bond donors (Lipinski definition) is 0. The van der Waals surface area contributed by atoms with Crippen LogP contribution >= 0.6 is 0 Å². The number of rotatable bonds is 24. The minimum atomic E-state index is -0.906. The molecule has 0 atom stereocenters. The summed E-state index contributed by atoms with van der Waals surface area (Å²) in [6, 6.07) is 0. The number of aliphatic carboxylic acids is 1. The minimum absolute atomic E-state index is 0. The van der Waals surface area contributed by atoms with E-state index in [4.69, 9.17) is 0 Å². The first kappa shape index (κ1) is 32.2. The van der Waals surface area contributed by atoms with Gasteiger partial charge in [0.1, 0.15) is 0 Å². The standard InChI is InChI=1S/C26H53NO2.Li/c1-3-5-7-9-11-13-15-17-19-23-27(25-21-22-26(28)29)24-20-18-16-14-12-10-8-6-4-2;/h3-25H2,1-2H3,(H,28,29);/q;+1/p-1. The van der Waals surface area contributed by atoms with E-state index in [-0.39, 0.29) is 25.3 Å². The second-order valence-electron chi connectivity index (χ2n) is 8.97. The Labute approximate surface area is 201 Å². The van der Waals surface area contributed by atoms with E-state index in [9.17, 15) is 9.90 Å². The zero-order chi connectivity index (χ0) is 21.4. The summed E-state index contributed by atoms with van der Waals surface area (Å²) in [6.07, 6.45) is 25.4. The molecule has 0 saturated carbocycles. The molecule has 0 aromatic rings. The maximum atomic E-state index is 10.7. The Bertz CT molecular complexity index is 317. The van der Waals surface area contributed by atoms with Gasteiger partial charge in [-0.15, -0.1) is 0 Å². The van der Waals surface area contributed by atoms with Crippen molar-refractivity contribution < 1.29 is 28.8 Å². The fourth-order valence-electron chi connectivity index (χ4n) is 4.07. The largest absolute Gasteiger partial charge is 1.00 e. The van der Waals surface area contributed by atoms with Crippen LogP contribution in [0.15, 0.2) is 0 Å². The van der Waals surface area contributed by atoms with Gasteiger partial charge in [0.25, 0.3) is 0 Å². The number of carbonyl (C=O) groups excluding carboxylic acids is 1. The van der Waals surface area contributed by atoms with Gasteiger partial charge in [-0.05, 0) is 45.3 Å². The van der Waals surface area contributed by atoms with Crippen LogP contribution in [0, 0.1) is 0 Å². The number of carbonyl (C=O) groups is 1. The Hall–Kier alpha value is 0.0274. The number of nitrogens with zero attached hydrogens (tertiary/aromatic N) is 1. The van der Waals surface area contributed by atoms with Crippen molar-refractivity contribution in [3.8, 4) is 0 Å². The van der Waals surface area contributed by atoms with Gasteiger partial charge in [0, 0.05) is 5.97 Å². The molecular formula is C26H52LiNO2. The van der Waals surface area contributed by atoms with Gasteiger partial charge in [-0.2, -0.15) is 0 Å². The van der Waals surface area contributed by atoms with E-state index in [2.05, 4.69) is 18.7 Å². The maximum absolute atomic E-state index is 10.7. The van der Waals surface area contributed by atoms with E-state index in [1.165, 1.54) is 116 Å². The molecule has 0 spiro atoms. The van der Waals surface area contributed by atoms with E-state index in [0.29, 0.717) is 0 Å². The van der Waals surface area contributed by atoms with Gasteiger partial charge in [0.15, 0.2) is 0 Å². The predicted molar refractivity (Wildman–Crippen MR) is 125 cm³/mol. The molecule has 0 bridgehead atoms. The molecule has 0 aromatic heterocycles. The first-order valence-electron chi connectivity index (χ1n) is 13.1. The molecule has 3 nitrogen and oxygen atoms in total. The molecule has 0 radical (unpaired) electrons. The third-order valence-electron chi connectivity index (χ3n) is 6.01. The predicted octanol–water partition coefficient (Wildman–Crippen LogP) is 3.88. The molecule has 0 heterocycles. The Morgan fingerprint density at radius 1 is 0.533 bits per heavy atom. The van der Waals surface area contributed by atoms with E-state index < -0.39 is 5.97 Å². The van der Waals surface area contributed by atoms with Gasteiger partial charge < -0.3 is 14.8 Å². The Kier molecular flexibility index (Phi) is 29.1. The SMILES string of the molecule is CCCCCCCCCCCN(CCCCCCCCCCC)CCCC(=O)[O-].[Li+]. The summed E-state index contributed by atoms with van der Waals surface area (Å²) < 4.78 is 0. The van der Waals surface area contributed by atoms with Crippen LogP contribution in [0.5, 0.6) is 0 Å². The van der Waals surface area contributed by atoms with Crippen LogP contribution in [0.25, 0.3) is 0 Å². The molecule has 0 aromatic carbocycles. The Morgan fingerprint density at radius 2 is 0.833 bits per heavy atom. The molecule has 4 heteroatoms. The quantitative estimate of drug-likeness (QED) is 0.177. The summed E-state index contributed by atoms with van der Waals surface area (Å²) in [6.45, 7) is 7.74. The molecule has 0 amide bonds. The molecule has 0 aliphatic carbocycles. The summed E-state index contributed by atoms with van der Waals surface area (Å²) in [4.78, 5) is 13.2. The van der Waals surface area contributed by atoms with E-state index >= 15 is 0 Å². The second-order valence-corrected chi connectivity index (χ2v) is 8.97. The van der Waals surface area contributed by atoms with Crippen LogP contribution in [-0.2, 0) is 4.79 Å². The van der Waals surface area contributed by atoms with Crippen molar-refractivity contribution in [3.63, 3.8) is 0 Å². The normalized spacial score (nSPS) is 11.0. The van der Waals surface area contributed by atoms with E-state index in [0.717, 1.165) is 26.1 Å². The van der Waals surface area contributed by atoms with Gasteiger partial charge in [-0.1, -0.05) is 117 Å². The Balaban J connectivity index is 0. The second kappa shape index (κ2) is 27.1. The van der Waals surface area contributed by atoms with Crippen molar-refractivity contribution in [1.29, 1.82) is 0 Å². The average Bonchev–Trinajstić information content (AvgIpc) is 2.70. The van der Waals surface area contributed by atoms with Crippen molar-refractivity contribution in [2.24, 2.45) is 0 Å². The van der Waals surface area contributed by atoms with Gasteiger partial charge in [0.2, 0.25) is 0 Å². The monoisotopic (exact) mass is 417 g/mol. The van der Waals surface area contributed by atoms with E-state index in [1.54, 1.807) is 0 Å². The van der Waals surface area contributed by atoms with Gasteiger partial charge in [-0.3, -0.25) is 0 Å². The first-order chi connectivity index (χ1) is 14.2. The van der Waals surface area contributed by atoms with Crippen molar-refractivity contribution in [3.05, 3.63) is 0 Å². The van der Waals surface area contributed by atoms with Crippen LogP contribution in [0.4, 0.5) is 0 Å². The zero-order valence-corrected chi connectivity index (χ0v) is 21.0. The molecule has 30 heavy (non-hydrogen) atoms. The van der Waals surface area contributed by atoms with Gasteiger partial charge in [-0.25, -0.2) is 0 Å². The molecular weight excluding hydrogens is 365 g/mol. The molecule has 0 aliphatic heterocycles. The number of hydrogen-bond acceptors (Lipinski definition) is 3. The van der Waals surface area contributed by atoms with Gasteiger partial charge in [0.05, 0.1) is 0 Å². The van der Waals surface area contributed by atoms with Crippen molar-refractivity contribution in [2.45, 2.75) is 142 Å². The Morgan fingerprint density at radius 3 is 1.17 bits per heavy atom.